The number of anilines is 1. The molecule has 0 spiro atoms. The predicted molar refractivity (Wildman–Crippen MR) is 77.3 cm³/mol. The Morgan fingerprint density at radius 1 is 1.33 bits per heavy atom. The van der Waals surface area contributed by atoms with Crippen LogP contribution in [0.3, 0.4) is 0 Å². The van der Waals surface area contributed by atoms with Crippen LogP contribution in [-0.4, -0.2) is 24.8 Å². The van der Waals surface area contributed by atoms with E-state index in [1.54, 1.807) is 0 Å². The fraction of sp³-hybridized carbons (Fsp3) is 0.600. The highest BCUT2D eigenvalue weighted by molar-refractivity contribution is 6.30. The average Bonchev–Trinajstić information content (AvgIpc) is 2.32. The molecule has 1 saturated heterocycles. The molecule has 2 nitrogen and oxygen atoms in total. The molecule has 100 valence electrons. The van der Waals surface area contributed by atoms with E-state index in [4.69, 9.17) is 16.7 Å². The SMILES string of the molecule is CC1(C)CN(c2ccc(Cl)cc2)CCC1CCO. The topological polar surface area (TPSA) is 23.5 Å². The average molecular weight is 268 g/mol. The lowest BCUT2D eigenvalue weighted by Gasteiger charge is -2.45. The second-order valence-corrected chi connectivity index (χ2v) is 6.32. The molecule has 0 bridgehead atoms. The first-order valence-electron chi connectivity index (χ1n) is 6.64. The summed E-state index contributed by atoms with van der Waals surface area (Å²) in [5.74, 6) is 0.617. The van der Waals surface area contributed by atoms with Gasteiger partial charge in [0.15, 0.2) is 0 Å². The number of piperidine rings is 1. The van der Waals surface area contributed by atoms with Gasteiger partial charge in [-0.1, -0.05) is 25.4 Å². The lowest BCUT2D eigenvalue weighted by molar-refractivity contribution is 0.134. The summed E-state index contributed by atoms with van der Waals surface area (Å²) in [4.78, 5) is 2.42. The zero-order valence-electron chi connectivity index (χ0n) is 11.2. The molecule has 1 N–H and O–H groups in total. The van der Waals surface area contributed by atoms with Gasteiger partial charge in [0.05, 0.1) is 0 Å². The normalized spacial score (nSPS) is 23.1. The van der Waals surface area contributed by atoms with E-state index in [1.165, 1.54) is 5.69 Å². The number of hydrogen-bond donors (Lipinski definition) is 1. The summed E-state index contributed by atoms with van der Waals surface area (Å²) < 4.78 is 0. The van der Waals surface area contributed by atoms with Crippen LogP contribution in [0, 0.1) is 11.3 Å². The Hall–Kier alpha value is -0.730. The highest BCUT2D eigenvalue weighted by Crippen LogP contribution is 2.38. The van der Waals surface area contributed by atoms with E-state index in [1.807, 2.05) is 12.1 Å². The van der Waals surface area contributed by atoms with Crippen LogP contribution in [0.15, 0.2) is 24.3 Å². The minimum Gasteiger partial charge on any atom is -0.396 e. The molecule has 1 fully saturated rings. The number of hydrogen-bond acceptors (Lipinski definition) is 2. The smallest absolute Gasteiger partial charge is 0.0433 e. The summed E-state index contributed by atoms with van der Waals surface area (Å²) in [6, 6.07) is 8.07. The molecular formula is C15H22ClNO. The third-order valence-corrected chi connectivity index (χ3v) is 4.37. The summed E-state index contributed by atoms with van der Waals surface area (Å²) in [6.45, 7) is 7.01. The third kappa shape index (κ3) is 2.99. The van der Waals surface area contributed by atoms with Gasteiger partial charge in [0.1, 0.15) is 0 Å². The zero-order valence-corrected chi connectivity index (χ0v) is 12.0. The number of nitrogens with zero attached hydrogens (tertiary/aromatic N) is 1. The van der Waals surface area contributed by atoms with E-state index >= 15 is 0 Å². The Morgan fingerprint density at radius 3 is 2.56 bits per heavy atom. The van der Waals surface area contributed by atoms with Crippen LogP contribution in [0.2, 0.25) is 5.02 Å². The standard InChI is InChI=1S/C15H22ClNO/c1-15(2)11-17(9-7-12(15)8-10-18)14-5-3-13(16)4-6-14/h3-6,12,18H,7-11H2,1-2H3. The Labute approximate surface area is 115 Å². The van der Waals surface area contributed by atoms with Crippen molar-refractivity contribution in [1.82, 2.24) is 0 Å². The lowest BCUT2D eigenvalue weighted by Crippen LogP contribution is -2.46. The van der Waals surface area contributed by atoms with Crippen LogP contribution in [-0.2, 0) is 0 Å². The van der Waals surface area contributed by atoms with Crippen molar-refractivity contribution in [3.8, 4) is 0 Å². The summed E-state index contributed by atoms with van der Waals surface area (Å²) in [7, 11) is 0. The minimum absolute atomic E-state index is 0.251. The van der Waals surface area contributed by atoms with E-state index in [0.29, 0.717) is 12.5 Å². The van der Waals surface area contributed by atoms with Crippen molar-refractivity contribution in [2.24, 2.45) is 11.3 Å². The molecule has 1 atom stereocenters. The van der Waals surface area contributed by atoms with Crippen LogP contribution < -0.4 is 4.90 Å². The largest absolute Gasteiger partial charge is 0.396 e. The Morgan fingerprint density at radius 2 is 2.00 bits per heavy atom. The molecule has 1 unspecified atom stereocenters. The first kappa shape index (κ1) is 13.7. The number of halogens is 1. The van der Waals surface area contributed by atoms with Gasteiger partial charge in [-0.3, -0.25) is 0 Å². The summed E-state index contributed by atoms with van der Waals surface area (Å²) in [6.07, 6.45) is 2.07. The van der Waals surface area contributed by atoms with Gasteiger partial charge in [0.2, 0.25) is 0 Å². The van der Waals surface area contributed by atoms with Gasteiger partial charge >= 0.3 is 0 Å². The first-order valence-corrected chi connectivity index (χ1v) is 7.02. The van der Waals surface area contributed by atoms with Gasteiger partial charge in [-0.15, -0.1) is 0 Å². The van der Waals surface area contributed by atoms with E-state index in [0.717, 1.165) is 31.0 Å². The van der Waals surface area contributed by atoms with Crippen molar-refractivity contribution in [2.75, 3.05) is 24.6 Å². The van der Waals surface area contributed by atoms with Crippen molar-refractivity contribution in [3.05, 3.63) is 29.3 Å². The maximum atomic E-state index is 9.14. The van der Waals surface area contributed by atoms with E-state index in [-0.39, 0.29) is 5.41 Å². The summed E-state index contributed by atoms with van der Waals surface area (Å²) in [5, 5.41) is 9.92. The molecule has 3 heteroatoms. The first-order chi connectivity index (χ1) is 8.53. The van der Waals surface area contributed by atoms with E-state index < -0.39 is 0 Å². The fourth-order valence-electron chi connectivity index (χ4n) is 2.97. The molecule has 0 saturated carbocycles. The van der Waals surface area contributed by atoms with Crippen LogP contribution in [0.1, 0.15) is 26.7 Å². The van der Waals surface area contributed by atoms with E-state index in [9.17, 15) is 0 Å². The molecule has 1 heterocycles. The van der Waals surface area contributed by atoms with Gasteiger partial charge in [-0.05, 0) is 48.4 Å². The van der Waals surface area contributed by atoms with Gasteiger partial charge < -0.3 is 10.0 Å². The molecular weight excluding hydrogens is 246 g/mol. The molecule has 0 aromatic heterocycles. The van der Waals surface area contributed by atoms with Crippen LogP contribution in [0.5, 0.6) is 0 Å². The number of rotatable bonds is 3. The van der Waals surface area contributed by atoms with Crippen LogP contribution in [0.25, 0.3) is 0 Å². The monoisotopic (exact) mass is 267 g/mol. The van der Waals surface area contributed by atoms with Gasteiger partial charge in [0, 0.05) is 30.4 Å². The molecule has 0 aliphatic carbocycles. The van der Waals surface area contributed by atoms with Gasteiger partial charge in [0.25, 0.3) is 0 Å². The second kappa shape index (κ2) is 5.50. The highest BCUT2D eigenvalue weighted by Gasteiger charge is 2.35. The maximum Gasteiger partial charge on any atom is 0.0433 e. The molecule has 1 aromatic carbocycles. The number of aliphatic hydroxyl groups excluding tert-OH is 1. The van der Waals surface area contributed by atoms with Gasteiger partial charge in [-0.25, -0.2) is 0 Å². The maximum absolute atomic E-state index is 9.14. The second-order valence-electron chi connectivity index (χ2n) is 5.88. The Balaban J connectivity index is 2.08. The lowest BCUT2D eigenvalue weighted by atomic mass is 9.72. The van der Waals surface area contributed by atoms with Crippen molar-refractivity contribution in [3.63, 3.8) is 0 Å². The van der Waals surface area contributed by atoms with Crippen molar-refractivity contribution >= 4 is 17.3 Å². The molecule has 1 aliphatic rings. The minimum atomic E-state index is 0.251. The zero-order chi connectivity index (χ0) is 13.2. The van der Waals surface area contributed by atoms with Crippen molar-refractivity contribution < 1.29 is 5.11 Å². The predicted octanol–water partition coefficient (Wildman–Crippen LogP) is 3.57. The van der Waals surface area contributed by atoms with Gasteiger partial charge in [-0.2, -0.15) is 0 Å². The van der Waals surface area contributed by atoms with Crippen LogP contribution >= 0.6 is 11.6 Å². The quantitative estimate of drug-likeness (QED) is 0.905. The number of benzene rings is 1. The van der Waals surface area contributed by atoms with Crippen LogP contribution in [0.4, 0.5) is 5.69 Å². The number of aliphatic hydroxyl groups is 1. The van der Waals surface area contributed by atoms with E-state index in [2.05, 4.69) is 30.9 Å². The highest BCUT2D eigenvalue weighted by atomic mass is 35.5. The molecule has 1 aromatic rings. The molecule has 0 amide bonds. The van der Waals surface area contributed by atoms with Crippen molar-refractivity contribution in [2.45, 2.75) is 26.7 Å². The molecule has 18 heavy (non-hydrogen) atoms. The third-order valence-electron chi connectivity index (χ3n) is 4.12. The molecule has 1 aliphatic heterocycles. The summed E-state index contributed by atoms with van der Waals surface area (Å²) in [5.41, 5.74) is 1.50. The molecule has 0 radical (unpaired) electrons. The molecule has 2 rings (SSSR count). The Bertz CT molecular complexity index is 388. The van der Waals surface area contributed by atoms with Crippen molar-refractivity contribution in [1.29, 1.82) is 0 Å². The fourth-order valence-corrected chi connectivity index (χ4v) is 3.09. The summed E-state index contributed by atoms with van der Waals surface area (Å²) >= 11 is 5.92. The Kier molecular flexibility index (Phi) is 4.18.